The normalized spacial score (nSPS) is 9.92. The highest BCUT2D eigenvalue weighted by Crippen LogP contribution is 2.21. The molecule has 12 heavy (non-hydrogen) atoms. The van der Waals surface area contributed by atoms with E-state index in [1.54, 1.807) is 7.11 Å². The van der Waals surface area contributed by atoms with Crippen LogP contribution in [0.3, 0.4) is 0 Å². The molecule has 2 nitrogen and oxygen atoms in total. The molecule has 0 saturated heterocycles. The summed E-state index contributed by atoms with van der Waals surface area (Å²) in [6, 6.07) is 6.15. The molecule has 0 fully saturated rings. The second-order valence-corrected chi connectivity index (χ2v) is 3.74. The van der Waals surface area contributed by atoms with Gasteiger partial charge in [0.05, 0.1) is 7.11 Å². The molecular weight excluding hydrogens is 265 g/mol. The van der Waals surface area contributed by atoms with E-state index in [-0.39, 0.29) is 0 Å². The molecule has 0 radical (unpaired) electrons. The summed E-state index contributed by atoms with van der Waals surface area (Å²) in [7, 11) is 1.69. The smallest absolute Gasteiger partial charge is 0.123 e. The van der Waals surface area contributed by atoms with Crippen molar-refractivity contribution in [1.29, 1.82) is 0 Å². The molecule has 1 aromatic rings. The summed E-state index contributed by atoms with van der Waals surface area (Å²) in [5.41, 5.74) is 6.65. The quantitative estimate of drug-likeness (QED) is 0.855. The second-order valence-electron chi connectivity index (χ2n) is 2.49. The summed E-state index contributed by atoms with van der Waals surface area (Å²) >= 11 is 2.26. The van der Waals surface area contributed by atoms with Crippen LogP contribution in [0.5, 0.6) is 5.75 Å². The van der Waals surface area contributed by atoms with Crippen LogP contribution in [0, 0.1) is 3.57 Å². The number of ether oxygens (including phenoxy) is 1. The third kappa shape index (κ3) is 2.35. The lowest BCUT2D eigenvalue weighted by atomic mass is 10.1. The lowest BCUT2D eigenvalue weighted by molar-refractivity contribution is 0.409. The van der Waals surface area contributed by atoms with Crippen molar-refractivity contribution in [3.63, 3.8) is 0 Å². The van der Waals surface area contributed by atoms with Gasteiger partial charge in [-0.3, -0.25) is 0 Å². The Balaban J connectivity index is 2.94. The molecule has 0 saturated carbocycles. The SMILES string of the molecule is COc1cc(I)ccc1CCN. The summed E-state index contributed by atoms with van der Waals surface area (Å²) in [4.78, 5) is 0. The van der Waals surface area contributed by atoms with Crippen LogP contribution in [0.1, 0.15) is 5.56 Å². The van der Waals surface area contributed by atoms with Crippen LogP contribution in [0.4, 0.5) is 0 Å². The molecule has 0 aromatic heterocycles. The summed E-state index contributed by atoms with van der Waals surface area (Å²) in [5.74, 6) is 0.937. The van der Waals surface area contributed by atoms with Gasteiger partial charge in [-0.2, -0.15) is 0 Å². The fourth-order valence-electron chi connectivity index (χ4n) is 1.08. The van der Waals surface area contributed by atoms with Crippen molar-refractivity contribution in [1.82, 2.24) is 0 Å². The van der Waals surface area contributed by atoms with Gasteiger partial charge in [-0.25, -0.2) is 0 Å². The maximum atomic E-state index is 5.46. The molecule has 0 aliphatic carbocycles. The molecule has 2 N–H and O–H groups in total. The average molecular weight is 277 g/mol. The third-order valence-electron chi connectivity index (χ3n) is 1.66. The van der Waals surface area contributed by atoms with Gasteiger partial charge in [0.1, 0.15) is 5.75 Å². The minimum absolute atomic E-state index is 0.664. The molecule has 0 bridgehead atoms. The zero-order valence-electron chi connectivity index (χ0n) is 7.01. The van der Waals surface area contributed by atoms with Gasteiger partial charge in [-0.1, -0.05) is 6.07 Å². The summed E-state index contributed by atoms with van der Waals surface area (Å²) < 4.78 is 6.40. The minimum Gasteiger partial charge on any atom is -0.496 e. The molecule has 0 heterocycles. The van der Waals surface area contributed by atoms with E-state index in [1.807, 2.05) is 6.07 Å². The Kier molecular flexibility index (Phi) is 3.81. The van der Waals surface area contributed by atoms with Gasteiger partial charge < -0.3 is 10.5 Å². The number of benzene rings is 1. The molecule has 1 aromatic carbocycles. The first kappa shape index (κ1) is 9.80. The Morgan fingerprint density at radius 3 is 2.83 bits per heavy atom. The third-order valence-corrected chi connectivity index (χ3v) is 2.33. The largest absolute Gasteiger partial charge is 0.496 e. The average Bonchev–Trinajstić information content (AvgIpc) is 2.08. The van der Waals surface area contributed by atoms with E-state index in [4.69, 9.17) is 10.5 Å². The van der Waals surface area contributed by atoms with Crippen LogP contribution in [-0.4, -0.2) is 13.7 Å². The van der Waals surface area contributed by atoms with Crippen molar-refractivity contribution in [2.75, 3.05) is 13.7 Å². The van der Waals surface area contributed by atoms with Gasteiger partial charge in [0.2, 0.25) is 0 Å². The Labute approximate surface area is 86.2 Å². The predicted octanol–water partition coefficient (Wildman–Crippen LogP) is 1.80. The molecule has 0 atom stereocenters. The minimum atomic E-state index is 0.664. The molecule has 0 amide bonds. The van der Waals surface area contributed by atoms with Crippen LogP contribution in [0.2, 0.25) is 0 Å². The topological polar surface area (TPSA) is 35.2 Å². The van der Waals surface area contributed by atoms with Crippen LogP contribution < -0.4 is 10.5 Å². The molecule has 0 spiro atoms. The number of rotatable bonds is 3. The standard InChI is InChI=1S/C9H12INO/c1-12-9-6-8(10)3-2-7(9)4-5-11/h2-3,6H,4-5,11H2,1H3. The van der Waals surface area contributed by atoms with E-state index in [1.165, 1.54) is 9.13 Å². The van der Waals surface area contributed by atoms with E-state index in [0.717, 1.165) is 12.2 Å². The van der Waals surface area contributed by atoms with E-state index in [9.17, 15) is 0 Å². The molecule has 0 aliphatic heterocycles. The van der Waals surface area contributed by atoms with Crippen LogP contribution in [0.25, 0.3) is 0 Å². The predicted molar refractivity (Wildman–Crippen MR) is 58.5 cm³/mol. The maximum absolute atomic E-state index is 5.46. The van der Waals surface area contributed by atoms with Crippen molar-refractivity contribution in [3.05, 3.63) is 27.3 Å². The van der Waals surface area contributed by atoms with Gasteiger partial charge in [0.15, 0.2) is 0 Å². The van der Waals surface area contributed by atoms with Gasteiger partial charge in [-0.05, 0) is 53.3 Å². The van der Waals surface area contributed by atoms with Crippen molar-refractivity contribution < 1.29 is 4.74 Å². The van der Waals surface area contributed by atoms with E-state index in [0.29, 0.717) is 6.54 Å². The molecule has 0 aliphatic rings. The maximum Gasteiger partial charge on any atom is 0.123 e. The molecular formula is C9H12INO. The van der Waals surface area contributed by atoms with Crippen LogP contribution in [0.15, 0.2) is 18.2 Å². The van der Waals surface area contributed by atoms with Gasteiger partial charge >= 0.3 is 0 Å². The summed E-state index contributed by atoms with van der Waals surface area (Å²) in [6.45, 7) is 0.664. The van der Waals surface area contributed by atoms with Crippen molar-refractivity contribution >= 4 is 22.6 Å². The molecule has 3 heteroatoms. The highest BCUT2D eigenvalue weighted by molar-refractivity contribution is 14.1. The Morgan fingerprint density at radius 1 is 1.50 bits per heavy atom. The van der Waals surface area contributed by atoms with Crippen molar-refractivity contribution in [3.8, 4) is 5.75 Å². The summed E-state index contributed by atoms with van der Waals surface area (Å²) in [5, 5.41) is 0. The highest BCUT2D eigenvalue weighted by Gasteiger charge is 2.01. The second kappa shape index (κ2) is 4.67. The first-order chi connectivity index (χ1) is 5.77. The molecule has 66 valence electrons. The van der Waals surface area contributed by atoms with E-state index >= 15 is 0 Å². The fourth-order valence-corrected chi connectivity index (χ4v) is 1.54. The van der Waals surface area contributed by atoms with Gasteiger partial charge in [-0.15, -0.1) is 0 Å². The Morgan fingerprint density at radius 2 is 2.25 bits per heavy atom. The highest BCUT2D eigenvalue weighted by atomic mass is 127. The lowest BCUT2D eigenvalue weighted by Crippen LogP contribution is -2.04. The molecule has 1 rings (SSSR count). The van der Waals surface area contributed by atoms with E-state index < -0.39 is 0 Å². The lowest BCUT2D eigenvalue weighted by Gasteiger charge is -2.07. The van der Waals surface area contributed by atoms with Crippen LogP contribution in [-0.2, 0) is 6.42 Å². The first-order valence-electron chi connectivity index (χ1n) is 3.80. The van der Waals surface area contributed by atoms with Crippen LogP contribution >= 0.6 is 22.6 Å². The Bertz CT molecular complexity index is 263. The number of halogens is 1. The summed E-state index contributed by atoms with van der Waals surface area (Å²) in [6.07, 6.45) is 0.875. The monoisotopic (exact) mass is 277 g/mol. The van der Waals surface area contributed by atoms with E-state index in [2.05, 4.69) is 34.7 Å². The Hall–Kier alpha value is -0.290. The first-order valence-corrected chi connectivity index (χ1v) is 4.88. The number of hydrogen-bond donors (Lipinski definition) is 1. The zero-order chi connectivity index (χ0) is 8.97. The fraction of sp³-hybridized carbons (Fsp3) is 0.333. The number of nitrogens with two attached hydrogens (primary N) is 1. The zero-order valence-corrected chi connectivity index (χ0v) is 9.17. The number of methoxy groups -OCH3 is 1. The van der Waals surface area contributed by atoms with Crippen molar-refractivity contribution in [2.45, 2.75) is 6.42 Å². The van der Waals surface area contributed by atoms with Gasteiger partial charge in [0.25, 0.3) is 0 Å². The molecule has 0 unspecified atom stereocenters. The number of hydrogen-bond acceptors (Lipinski definition) is 2. The van der Waals surface area contributed by atoms with Crippen molar-refractivity contribution in [2.24, 2.45) is 5.73 Å². The van der Waals surface area contributed by atoms with Gasteiger partial charge in [0, 0.05) is 3.57 Å².